The highest BCUT2D eigenvalue weighted by molar-refractivity contribution is 7.13. The van der Waals surface area contributed by atoms with Gasteiger partial charge in [-0.15, -0.1) is 21.5 Å². The second kappa shape index (κ2) is 4.11. The summed E-state index contributed by atoms with van der Waals surface area (Å²) in [6.45, 7) is 0. The van der Waals surface area contributed by atoms with Crippen LogP contribution < -0.4 is 0 Å². The van der Waals surface area contributed by atoms with E-state index >= 15 is 0 Å². The Morgan fingerprint density at radius 3 is 2.94 bits per heavy atom. The van der Waals surface area contributed by atoms with Crippen LogP contribution in [0.3, 0.4) is 0 Å². The Morgan fingerprint density at radius 1 is 1.33 bits per heavy atom. The summed E-state index contributed by atoms with van der Waals surface area (Å²) in [6.07, 6.45) is 1.24. The highest BCUT2D eigenvalue weighted by atomic mass is 32.1. The standard InChI is InChI=1S/C11H6N4O2S/c16-11(17)6-4-7-9(12-5-6)14-15-10(13-7)8-2-1-3-18-8/h1-5H,(H,16,17). The summed E-state index contributed by atoms with van der Waals surface area (Å²) in [6, 6.07) is 5.21. The molecule has 0 fully saturated rings. The maximum absolute atomic E-state index is 10.9. The van der Waals surface area contributed by atoms with Crippen LogP contribution in [0.2, 0.25) is 0 Å². The summed E-state index contributed by atoms with van der Waals surface area (Å²) in [4.78, 5) is 19.9. The Labute approximate surface area is 105 Å². The van der Waals surface area contributed by atoms with Crippen molar-refractivity contribution >= 4 is 28.5 Å². The van der Waals surface area contributed by atoms with Crippen molar-refractivity contribution in [2.24, 2.45) is 0 Å². The first kappa shape index (κ1) is 10.7. The number of hydrogen-bond acceptors (Lipinski definition) is 6. The number of carboxylic acids is 1. The number of aromatic nitrogens is 4. The largest absolute Gasteiger partial charge is 0.478 e. The quantitative estimate of drug-likeness (QED) is 0.754. The Hall–Kier alpha value is -2.41. The molecule has 3 aromatic heterocycles. The molecule has 0 spiro atoms. The van der Waals surface area contributed by atoms with E-state index in [1.807, 2.05) is 17.5 Å². The SMILES string of the molecule is O=C(O)c1cnc2nnc(-c3cccs3)nc2c1. The highest BCUT2D eigenvalue weighted by Crippen LogP contribution is 2.21. The molecule has 3 rings (SSSR count). The summed E-state index contributed by atoms with van der Waals surface area (Å²) >= 11 is 1.49. The molecule has 88 valence electrons. The van der Waals surface area contributed by atoms with E-state index in [2.05, 4.69) is 20.2 Å². The molecule has 7 heteroatoms. The highest BCUT2D eigenvalue weighted by Gasteiger charge is 2.09. The van der Waals surface area contributed by atoms with E-state index in [0.717, 1.165) is 4.88 Å². The smallest absolute Gasteiger partial charge is 0.337 e. The molecule has 0 radical (unpaired) electrons. The van der Waals surface area contributed by atoms with Crippen LogP contribution in [0.15, 0.2) is 29.8 Å². The van der Waals surface area contributed by atoms with Gasteiger partial charge in [0.15, 0.2) is 5.82 Å². The van der Waals surface area contributed by atoms with E-state index in [1.165, 1.54) is 23.6 Å². The first-order chi connectivity index (χ1) is 8.74. The molecule has 6 nitrogen and oxygen atoms in total. The van der Waals surface area contributed by atoms with Crippen LogP contribution in [0.1, 0.15) is 10.4 Å². The molecular weight excluding hydrogens is 252 g/mol. The van der Waals surface area contributed by atoms with E-state index < -0.39 is 5.97 Å². The van der Waals surface area contributed by atoms with Gasteiger partial charge in [0.25, 0.3) is 0 Å². The molecule has 0 aliphatic carbocycles. The fraction of sp³-hybridized carbons (Fsp3) is 0. The van der Waals surface area contributed by atoms with Crippen molar-refractivity contribution in [2.75, 3.05) is 0 Å². The molecule has 0 amide bonds. The van der Waals surface area contributed by atoms with Crippen molar-refractivity contribution in [3.63, 3.8) is 0 Å². The van der Waals surface area contributed by atoms with Gasteiger partial charge in [-0.3, -0.25) is 0 Å². The van der Waals surface area contributed by atoms with Gasteiger partial charge in [0.2, 0.25) is 5.65 Å². The molecule has 0 aliphatic rings. The van der Waals surface area contributed by atoms with Crippen molar-refractivity contribution in [3.8, 4) is 10.7 Å². The van der Waals surface area contributed by atoms with Gasteiger partial charge < -0.3 is 5.11 Å². The summed E-state index contributed by atoms with van der Waals surface area (Å²) in [5.74, 6) is -0.567. The molecule has 0 unspecified atom stereocenters. The molecular formula is C11H6N4O2S. The topological polar surface area (TPSA) is 88.9 Å². The predicted octanol–water partition coefficient (Wildman–Crippen LogP) is 1.85. The average Bonchev–Trinajstić information content (AvgIpc) is 2.91. The number of nitrogens with zero attached hydrogens (tertiary/aromatic N) is 4. The van der Waals surface area contributed by atoms with Crippen LogP contribution in [-0.4, -0.2) is 31.2 Å². The Bertz CT molecular complexity index is 727. The zero-order chi connectivity index (χ0) is 12.5. The third-order valence-corrected chi connectivity index (χ3v) is 3.17. The van der Waals surface area contributed by atoms with Crippen molar-refractivity contribution in [3.05, 3.63) is 35.3 Å². The van der Waals surface area contributed by atoms with Crippen molar-refractivity contribution in [1.82, 2.24) is 20.2 Å². The van der Waals surface area contributed by atoms with Gasteiger partial charge in [-0.05, 0) is 17.5 Å². The second-order valence-electron chi connectivity index (χ2n) is 3.48. The molecule has 3 aromatic rings. The maximum Gasteiger partial charge on any atom is 0.337 e. The van der Waals surface area contributed by atoms with Gasteiger partial charge in [-0.2, -0.15) is 0 Å². The molecule has 0 saturated carbocycles. The van der Waals surface area contributed by atoms with E-state index in [1.54, 1.807) is 0 Å². The lowest BCUT2D eigenvalue weighted by Gasteiger charge is -1.99. The number of hydrogen-bond donors (Lipinski definition) is 1. The van der Waals surface area contributed by atoms with Crippen molar-refractivity contribution in [2.45, 2.75) is 0 Å². The van der Waals surface area contributed by atoms with Crippen molar-refractivity contribution < 1.29 is 9.90 Å². The average molecular weight is 258 g/mol. The molecule has 0 saturated heterocycles. The molecule has 3 heterocycles. The Kier molecular flexibility index (Phi) is 2.45. The predicted molar refractivity (Wildman–Crippen MR) is 65.4 cm³/mol. The minimum absolute atomic E-state index is 0.0835. The number of carbonyl (C=O) groups is 1. The first-order valence-corrected chi connectivity index (χ1v) is 5.89. The van der Waals surface area contributed by atoms with Crippen LogP contribution in [0.5, 0.6) is 0 Å². The van der Waals surface area contributed by atoms with E-state index in [-0.39, 0.29) is 5.56 Å². The number of carboxylic acid groups (broad SMARTS) is 1. The summed E-state index contributed by atoms with van der Waals surface area (Å²) in [5.41, 5.74) is 0.841. The number of thiophene rings is 1. The van der Waals surface area contributed by atoms with Gasteiger partial charge in [0.05, 0.1) is 10.4 Å². The van der Waals surface area contributed by atoms with Gasteiger partial charge in [-0.25, -0.2) is 14.8 Å². The molecule has 0 bridgehead atoms. The lowest BCUT2D eigenvalue weighted by Crippen LogP contribution is -2.00. The van der Waals surface area contributed by atoms with E-state index in [4.69, 9.17) is 5.11 Å². The Morgan fingerprint density at radius 2 is 2.22 bits per heavy atom. The number of rotatable bonds is 2. The van der Waals surface area contributed by atoms with Crippen molar-refractivity contribution in [1.29, 1.82) is 0 Å². The third kappa shape index (κ3) is 1.80. The molecule has 1 N–H and O–H groups in total. The fourth-order valence-electron chi connectivity index (χ4n) is 1.46. The zero-order valence-corrected chi connectivity index (χ0v) is 9.76. The molecule has 18 heavy (non-hydrogen) atoms. The van der Waals surface area contributed by atoms with Gasteiger partial charge in [-0.1, -0.05) is 6.07 Å². The summed E-state index contributed by atoms with van der Waals surface area (Å²) < 4.78 is 0. The lowest BCUT2D eigenvalue weighted by molar-refractivity contribution is 0.0696. The van der Waals surface area contributed by atoms with E-state index in [0.29, 0.717) is 17.0 Å². The fourth-order valence-corrected chi connectivity index (χ4v) is 2.12. The van der Waals surface area contributed by atoms with Crippen LogP contribution >= 0.6 is 11.3 Å². The van der Waals surface area contributed by atoms with Crippen LogP contribution in [0.25, 0.3) is 21.9 Å². The normalized spacial score (nSPS) is 10.7. The second-order valence-corrected chi connectivity index (χ2v) is 4.43. The molecule has 0 aromatic carbocycles. The van der Waals surface area contributed by atoms with Gasteiger partial charge in [0, 0.05) is 6.20 Å². The summed E-state index contributed by atoms with van der Waals surface area (Å²) in [5, 5.41) is 18.7. The minimum Gasteiger partial charge on any atom is -0.478 e. The van der Waals surface area contributed by atoms with Crippen LogP contribution in [-0.2, 0) is 0 Å². The molecule has 0 atom stereocenters. The van der Waals surface area contributed by atoms with Crippen LogP contribution in [0, 0.1) is 0 Å². The lowest BCUT2D eigenvalue weighted by atomic mass is 10.3. The monoisotopic (exact) mass is 258 g/mol. The minimum atomic E-state index is -1.04. The number of pyridine rings is 1. The van der Waals surface area contributed by atoms with E-state index in [9.17, 15) is 4.79 Å². The molecule has 0 aliphatic heterocycles. The Balaban J connectivity index is 2.18. The number of fused-ring (bicyclic) bond motifs is 1. The van der Waals surface area contributed by atoms with Gasteiger partial charge >= 0.3 is 5.97 Å². The number of aromatic carboxylic acids is 1. The maximum atomic E-state index is 10.9. The summed E-state index contributed by atoms with van der Waals surface area (Å²) in [7, 11) is 0. The van der Waals surface area contributed by atoms with Crippen LogP contribution in [0.4, 0.5) is 0 Å². The first-order valence-electron chi connectivity index (χ1n) is 5.02. The third-order valence-electron chi connectivity index (χ3n) is 2.30. The van der Waals surface area contributed by atoms with Gasteiger partial charge in [0.1, 0.15) is 5.52 Å². The zero-order valence-electron chi connectivity index (χ0n) is 8.94.